The van der Waals surface area contributed by atoms with Crippen molar-refractivity contribution in [2.45, 2.75) is 26.4 Å². The third kappa shape index (κ3) is 3.81. The largest absolute Gasteiger partial charge is 0.443 e. The van der Waals surface area contributed by atoms with E-state index in [4.69, 9.17) is 27.9 Å². The van der Waals surface area contributed by atoms with E-state index in [0.717, 1.165) is 4.90 Å². The zero-order chi connectivity index (χ0) is 20.6. The molecule has 3 rings (SSSR count). The van der Waals surface area contributed by atoms with Gasteiger partial charge in [0.25, 0.3) is 0 Å². The Morgan fingerprint density at radius 3 is 1.96 bits per heavy atom. The Hall–Kier alpha value is -2.63. The molecule has 0 bridgehead atoms. The number of carbonyl (C=O) groups excluding carboxylic acids is 3. The number of amides is 1. The van der Waals surface area contributed by atoms with E-state index in [1.807, 2.05) is 0 Å². The van der Waals surface area contributed by atoms with Gasteiger partial charge in [-0.05, 0) is 45.0 Å². The fourth-order valence-electron chi connectivity index (χ4n) is 2.76. The van der Waals surface area contributed by atoms with Crippen molar-refractivity contribution in [3.05, 3.63) is 75.4 Å². The van der Waals surface area contributed by atoms with Crippen LogP contribution in [0.4, 0.5) is 10.5 Å². The Balaban J connectivity index is 2.18. The van der Waals surface area contributed by atoms with Gasteiger partial charge in [0.05, 0.1) is 5.69 Å². The lowest BCUT2D eigenvalue weighted by atomic mass is 9.91. The van der Waals surface area contributed by atoms with E-state index in [0.29, 0.717) is 10.7 Å². The summed E-state index contributed by atoms with van der Waals surface area (Å²) in [6, 6.07) is 12.5. The van der Waals surface area contributed by atoms with Gasteiger partial charge in [-0.2, -0.15) is 0 Å². The number of benzene rings is 2. The third-order valence-electron chi connectivity index (χ3n) is 3.92. The molecule has 0 heterocycles. The van der Waals surface area contributed by atoms with E-state index in [1.165, 1.54) is 12.1 Å². The van der Waals surface area contributed by atoms with Crippen molar-refractivity contribution in [2.24, 2.45) is 0 Å². The number of ketones is 2. The number of rotatable bonds is 2. The predicted molar refractivity (Wildman–Crippen MR) is 108 cm³/mol. The number of Topliss-reactive ketones (excluding diaryl/α,β-unsaturated/α-hetero) is 2. The van der Waals surface area contributed by atoms with E-state index in [9.17, 15) is 14.4 Å². The number of halogens is 2. The number of nitrogens with zero attached hydrogens (tertiary/aromatic N) is 1. The highest BCUT2D eigenvalue weighted by atomic mass is 35.5. The molecule has 2 aromatic carbocycles. The molecule has 0 radical (unpaired) electrons. The molecule has 0 saturated heterocycles. The van der Waals surface area contributed by atoms with E-state index in [2.05, 4.69) is 0 Å². The van der Waals surface area contributed by atoms with Crippen LogP contribution in [0.15, 0.2) is 59.3 Å². The molecule has 0 fully saturated rings. The van der Waals surface area contributed by atoms with Crippen molar-refractivity contribution in [1.29, 1.82) is 0 Å². The van der Waals surface area contributed by atoms with E-state index in [1.54, 1.807) is 57.2 Å². The van der Waals surface area contributed by atoms with Gasteiger partial charge >= 0.3 is 6.09 Å². The number of carbonyl (C=O) groups is 3. The van der Waals surface area contributed by atoms with Gasteiger partial charge < -0.3 is 4.74 Å². The van der Waals surface area contributed by atoms with Crippen LogP contribution in [0, 0.1) is 0 Å². The fraction of sp³-hybridized carbons (Fsp3) is 0.190. The van der Waals surface area contributed by atoms with Crippen LogP contribution in [0.1, 0.15) is 41.5 Å². The molecule has 0 atom stereocenters. The smallest absolute Gasteiger partial charge is 0.419 e. The number of hydrogen-bond donors (Lipinski definition) is 0. The van der Waals surface area contributed by atoms with Gasteiger partial charge in [-0.15, -0.1) is 0 Å². The zero-order valence-corrected chi connectivity index (χ0v) is 17.0. The number of hydrogen-bond acceptors (Lipinski definition) is 4. The summed E-state index contributed by atoms with van der Waals surface area (Å²) >= 11 is 12.2. The highest BCUT2D eigenvalue weighted by Crippen LogP contribution is 2.34. The van der Waals surface area contributed by atoms with Crippen LogP contribution >= 0.6 is 23.2 Å². The Labute approximate surface area is 172 Å². The quantitative estimate of drug-likeness (QED) is 0.636. The van der Waals surface area contributed by atoms with Gasteiger partial charge in [-0.3, -0.25) is 9.59 Å². The van der Waals surface area contributed by atoms with Crippen LogP contribution < -0.4 is 4.90 Å². The summed E-state index contributed by atoms with van der Waals surface area (Å²) in [6.07, 6.45) is -0.830. The molecule has 0 unspecified atom stereocenters. The molecule has 7 heteroatoms. The van der Waals surface area contributed by atoms with Crippen LogP contribution in [-0.2, 0) is 4.74 Å². The molecule has 0 saturated carbocycles. The standard InChI is InChI=1S/C21H17Cl2NO4/c1-21(2,3)28-20(27)24(13-10-8-12(22)9-11-13)17-16(23)18(25)14-6-4-5-7-15(14)19(17)26/h4-11H,1-3H3. The first kappa shape index (κ1) is 20.1. The minimum absolute atomic E-state index is 0.175. The predicted octanol–water partition coefficient (Wildman–Crippen LogP) is 5.61. The molecule has 1 amide bonds. The molecular weight excluding hydrogens is 401 g/mol. The van der Waals surface area contributed by atoms with Crippen LogP contribution in [0.2, 0.25) is 5.02 Å². The molecule has 28 heavy (non-hydrogen) atoms. The molecule has 0 aromatic heterocycles. The summed E-state index contributed by atoms with van der Waals surface area (Å²) in [5, 5.41) is 0.105. The zero-order valence-electron chi connectivity index (χ0n) is 15.5. The maximum atomic E-state index is 13.2. The molecule has 5 nitrogen and oxygen atoms in total. The van der Waals surface area contributed by atoms with E-state index < -0.39 is 23.3 Å². The maximum Gasteiger partial charge on any atom is 0.419 e. The van der Waals surface area contributed by atoms with Crippen LogP contribution in [0.25, 0.3) is 0 Å². The van der Waals surface area contributed by atoms with Gasteiger partial charge in [0.2, 0.25) is 11.6 Å². The second-order valence-electron chi connectivity index (χ2n) is 7.16. The first-order valence-corrected chi connectivity index (χ1v) is 9.22. The second-order valence-corrected chi connectivity index (χ2v) is 7.97. The van der Waals surface area contributed by atoms with E-state index >= 15 is 0 Å². The number of allylic oxidation sites excluding steroid dienone is 2. The Bertz CT molecular complexity index is 1000. The molecular formula is C21H17Cl2NO4. The second kappa shape index (κ2) is 7.41. The van der Waals surface area contributed by atoms with Gasteiger partial charge in [-0.25, -0.2) is 9.69 Å². The molecule has 0 spiro atoms. The lowest BCUT2D eigenvalue weighted by Gasteiger charge is -2.30. The number of fused-ring (bicyclic) bond motifs is 1. The van der Waals surface area contributed by atoms with E-state index in [-0.39, 0.29) is 21.9 Å². The molecule has 0 aliphatic heterocycles. The SMILES string of the molecule is CC(C)(C)OC(=O)N(C1=C(Cl)C(=O)c2ccccc2C1=O)c1ccc(Cl)cc1. The fourth-order valence-corrected chi connectivity index (χ4v) is 3.15. The average Bonchev–Trinajstić information content (AvgIpc) is 2.63. The minimum Gasteiger partial charge on any atom is -0.443 e. The first-order valence-electron chi connectivity index (χ1n) is 8.47. The topological polar surface area (TPSA) is 63.7 Å². The van der Waals surface area contributed by atoms with Gasteiger partial charge in [-0.1, -0.05) is 47.5 Å². The Morgan fingerprint density at radius 2 is 1.43 bits per heavy atom. The van der Waals surface area contributed by atoms with Crippen molar-refractivity contribution < 1.29 is 19.1 Å². The lowest BCUT2D eigenvalue weighted by Crippen LogP contribution is -2.41. The molecule has 1 aliphatic carbocycles. The summed E-state index contributed by atoms with van der Waals surface area (Å²) in [6.45, 7) is 5.10. The number of ether oxygens (including phenoxy) is 1. The summed E-state index contributed by atoms with van der Waals surface area (Å²) in [4.78, 5) is 39.9. The van der Waals surface area contributed by atoms with Crippen molar-refractivity contribution in [1.82, 2.24) is 0 Å². The van der Waals surface area contributed by atoms with Gasteiger partial charge in [0.15, 0.2) is 0 Å². The lowest BCUT2D eigenvalue weighted by molar-refractivity contribution is 0.0586. The molecule has 0 N–H and O–H groups in total. The third-order valence-corrected chi connectivity index (χ3v) is 4.53. The van der Waals surface area contributed by atoms with Crippen molar-refractivity contribution in [3.63, 3.8) is 0 Å². The monoisotopic (exact) mass is 417 g/mol. The molecule has 1 aliphatic rings. The van der Waals surface area contributed by atoms with Crippen LogP contribution in [0.3, 0.4) is 0 Å². The Kier molecular flexibility index (Phi) is 5.33. The average molecular weight is 418 g/mol. The Morgan fingerprint density at radius 1 is 0.893 bits per heavy atom. The minimum atomic E-state index is -0.830. The molecule has 2 aromatic rings. The van der Waals surface area contributed by atoms with Crippen molar-refractivity contribution in [2.75, 3.05) is 4.90 Å². The summed E-state index contributed by atoms with van der Waals surface area (Å²) in [5.74, 6) is -1.07. The highest BCUT2D eigenvalue weighted by molar-refractivity contribution is 6.50. The summed E-state index contributed by atoms with van der Waals surface area (Å²) in [7, 11) is 0. The first-order chi connectivity index (χ1) is 13.1. The van der Waals surface area contributed by atoms with Crippen LogP contribution in [0.5, 0.6) is 0 Å². The van der Waals surface area contributed by atoms with Gasteiger partial charge in [0.1, 0.15) is 16.3 Å². The van der Waals surface area contributed by atoms with Crippen molar-refractivity contribution >= 4 is 46.5 Å². The highest BCUT2D eigenvalue weighted by Gasteiger charge is 2.38. The van der Waals surface area contributed by atoms with Gasteiger partial charge in [0, 0.05) is 16.1 Å². The molecule has 144 valence electrons. The normalized spacial score (nSPS) is 14.0. The van der Waals surface area contributed by atoms with Crippen LogP contribution in [-0.4, -0.2) is 23.3 Å². The summed E-state index contributed by atoms with van der Waals surface area (Å²) < 4.78 is 5.46. The summed E-state index contributed by atoms with van der Waals surface area (Å²) in [5.41, 5.74) is -0.404. The number of anilines is 1. The maximum absolute atomic E-state index is 13.2. The van der Waals surface area contributed by atoms with Crippen molar-refractivity contribution in [3.8, 4) is 0 Å².